The molecule has 2 fully saturated rings. The molecule has 4 rings (SSSR count). The van der Waals surface area contributed by atoms with Gasteiger partial charge in [-0.05, 0) is 63.5 Å². The number of hydrogen-bond donors (Lipinski definition) is 2. The van der Waals surface area contributed by atoms with Gasteiger partial charge in [0.05, 0.1) is 11.9 Å². The molecule has 0 radical (unpaired) electrons. The Morgan fingerprint density at radius 1 is 1.22 bits per heavy atom. The highest BCUT2D eigenvalue weighted by Gasteiger charge is 2.48. The Bertz CT molecular complexity index is 1150. The molecule has 3 aliphatic rings. The first-order valence-electron chi connectivity index (χ1n) is 13.4. The Morgan fingerprint density at radius 2 is 1.89 bits per heavy atom. The molecule has 0 bridgehead atoms. The van der Waals surface area contributed by atoms with E-state index in [1.165, 1.54) is 11.2 Å². The summed E-state index contributed by atoms with van der Waals surface area (Å²) in [6, 6.07) is 5.28. The molecule has 2 N–H and O–H groups in total. The number of carbonyl (C=O) groups excluding carboxylic acids is 2. The fourth-order valence-electron chi connectivity index (χ4n) is 5.52. The second-order valence-corrected chi connectivity index (χ2v) is 13.2. The maximum absolute atomic E-state index is 13.2. The molecule has 204 valence electrons. The Balaban J connectivity index is 1.39. The smallest absolute Gasteiger partial charge is 0.253 e. The monoisotopic (exact) mass is 532 g/mol. The molecule has 9 nitrogen and oxygen atoms in total. The van der Waals surface area contributed by atoms with E-state index in [0.29, 0.717) is 30.2 Å². The highest BCUT2D eigenvalue weighted by molar-refractivity contribution is 7.89. The lowest BCUT2D eigenvalue weighted by Crippen LogP contribution is -2.51. The third-order valence-corrected chi connectivity index (χ3v) is 9.60. The number of benzene rings is 1. The maximum Gasteiger partial charge on any atom is 0.253 e. The van der Waals surface area contributed by atoms with E-state index in [9.17, 15) is 18.0 Å². The van der Waals surface area contributed by atoms with Gasteiger partial charge in [-0.3, -0.25) is 14.6 Å². The number of nitrogens with one attached hydrogen (secondary N) is 2. The van der Waals surface area contributed by atoms with Crippen LogP contribution >= 0.6 is 0 Å². The number of nitrogens with zero attached hydrogens (tertiary/aromatic N) is 2. The van der Waals surface area contributed by atoms with Crippen molar-refractivity contribution in [3.8, 4) is 5.75 Å². The fraction of sp³-hybridized carbons (Fsp3) is 0.667. The van der Waals surface area contributed by atoms with Crippen LogP contribution in [0.5, 0.6) is 5.75 Å². The van der Waals surface area contributed by atoms with Crippen molar-refractivity contribution in [2.75, 3.05) is 24.2 Å². The average Bonchev–Trinajstić information content (AvgIpc) is 3.14. The Labute approximate surface area is 220 Å². The summed E-state index contributed by atoms with van der Waals surface area (Å²) in [6.45, 7) is 8.07. The summed E-state index contributed by atoms with van der Waals surface area (Å²) in [7, 11) is -3.53. The molecule has 10 heteroatoms. The number of ether oxygens (including phenoxy) is 1. The predicted octanol–water partition coefficient (Wildman–Crippen LogP) is 3.49. The Hall–Kier alpha value is -2.46. The summed E-state index contributed by atoms with van der Waals surface area (Å²) < 4.78 is 33.8. The van der Waals surface area contributed by atoms with Crippen molar-refractivity contribution >= 4 is 33.4 Å². The summed E-state index contributed by atoms with van der Waals surface area (Å²) in [5.74, 6) is 2.08. The van der Waals surface area contributed by atoms with E-state index in [2.05, 4.69) is 17.6 Å². The predicted molar refractivity (Wildman–Crippen MR) is 144 cm³/mol. The lowest BCUT2D eigenvalue weighted by molar-refractivity contribution is -0.125. The van der Waals surface area contributed by atoms with E-state index in [4.69, 9.17) is 9.73 Å². The molecule has 2 amide bonds. The molecule has 1 saturated carbocycles. The topological polar surface area (TPSA) is 117 Å². The number of carbonyl (C=O) groups is 2. The summed E-state index contributed by atoms with van der Waals surface area (Å²) in [5, 5.41) is 5.77. The van der Waals surface area contributed by atoms with E-state index < -0.39 is 15.6 Å². The molecule has 1 saturated heterocycles. The number of amidine groups is 1. The zero-order chi connectivity index (χ0) is 26.8. The number of hydrogen-bond acceptors (Lipinski definition) is 6. The number of anilines is 1. The van der Waals surface area contributed by atoms with Crippen LogP contribution in [0, 0.1) is 11.8 Å². The van der Waals surface area contributed by atoms with E-state index in [0.717, 1.165) is 43.0 Å². The van der Waals surface area contributed by atoms with Gasteiger partial charge in [0.25, 0.3) is 5.91 Å². The van der Waals surface area contributed by atoms with Gasteiger partial charge in [0.1, 0.15) is 17.1 Å². The average molecular weight is 533 g/mol. The van der Waals surface area contributed by atoms with Crippen LogP contribution in [0.25, 0.3) is 0 Å². The number of rotatable bonds is 8. The van der Waals surface area contributed by atoms with Gasteiger partial charge in [-0.15, -0.1) is 0 Å². The van der Waals surface area contributed by atoms with Gasteiger partial charge in [0, 0.05) is 37.7 Å². The maximum atomic E-state index is 13.2. The third kappa shape index (κ3) is 6.52. The van der Waals surface area contributed by atoms with Crippen LogP contribution < -0.4 is 15.4 Å². The normalized spacial score (nSPS) is 24.1. The Kier molecular flexibility index (Phi) is 8.28. The van der Waals surface area contributed by atoms with Crippen LogP contribution in [-0.2, 0) is 26.0 Å². The first-order chi connectivity index (χ1) is 17.5. The van der Waals surface area contributed by atoms with Crippen molar-refractivity contribution < 1.29 is 22.7 Å². The van der Waals surface area contributed by atoms with E-state index in [1.54, 1.807) is 18.2 Å². The van der Waals surface area contributed by atoms with Crippen LogP contribution in [-0.4, -0.2) is 60.9 Å². The molecule has 0 atom stereocenters. The minimum Gasteiger partial charge on any atom is -0.491 e. The van der Waals surface area contributed by atoms with Crippen LogP contribution in [0.1, 0.15) is 71.8 Å². The van der Waals surface area contributed by atoms with Crippen LogP contribution in [0.3, 0.4) is 0 Å². The standard InChI is InChI=1S/C27H40N4O5S/c1-18(2)36-24-17-23(28-20(4)32)10-9-21(24)11-16-37(34,35)31-14-12-27(13-15-31)26(33)29-25(30-27)22-7-5-19(3)6-8-22/h9-10,17-19,22H,5-8,11-16H2,1-4H3,(H,28,32)(H,29,30,33). The second kappa shape index (κ2) is 11.1. The second-order valence-electron chi connectivity index (χ2n) is 11.1. The van der Waals surface area contributed by atoms with E-state index in [1.807, 2.05) is 13.8 Å². The van der Waals surface area contributed by atoms with Crippen molar-refractivity contribution in [3.05, 3.63) is 23.8 Å². The van der Waals surface area contributed by atoms with Crippen LogP contribution in [0.2, 0.25) is 0 Å². The summed E-state index contributed by atoms with van der Waals surface area (Å²) in [5.41, 5.74) is 0.544. The van der Waals surface area contributed by atoms with Crippen molar-refractivity contribution in [1.82, 2.24) is 9.62 Å². The summed E-state index contributed by atoms with van der Waals surface area (Å²) in [4.78, 5) is 29.2. The minimum absolute atomic E-state index is 0.0606. The molecule has 1 aromatic rings. The molecule has 2 heterocycles. The first kappa shape index (κ1) is 27.6. The number of amides is 2. The molecule has 37 heavy (non-hydrogen) atoms. The van der Waals surface area contributed by atoms with Gasteiger partial charge in [-0.2, -0.15) is 0 Å². The first-order valence-corrected chi connectivity index (χ1v) is 15.0. The minimum atomic E-state index is -3.53. The van der Waals surface area contributed by atoms with Crippen molar-refractivity contribution in [2.45, 2.75) is 84.3 Å². The number of sulfonamides is 1. The van der Waals surface area contributed by atoms with Crippen LogP contribution in [0.4, 0.5) is 5.69 Å². The number of aryl methyl sites for hydroxylation is 1. The quantitative estimate of drug-likeness (QED) is 0.532. The van der Waals surface area contributed by atoms with Gasteiger partial charge in [0.2, 0.25) is 15.9 Å². The SMILES string of the molecule is CC(=O)Nc1ccc(CCS(=O)(=O)N2CCC3(CC2)N=C(C2CCC(C)CC2)NC3=O)c(OC(C)C)c1. The summed E-state index contributed by atoms with van der Waals surface area (Å²) >= 11 is 0. The van der Waals surface area contributed by atoms with Gasteiger partial charge in [-0.25, -0.2) is 12.7 Å². The fourth-order valence-corrected chi connectivity index (χ4v) is 6.99. The van der Waals surface area contributed by atoms with Gasteiger partial charge in [0.15, 0.2) is 0 Å². The van der Waals surface area contributed by atoms with Crippen molar-refractivity contribution in [3.63, 3.8) is 0 Å². The lowest BCUT2D eigenvalue weighted by atomic mass is 9.82. The molecule has 1 spiro atoms. The largest absolute Gasteiger partial charge is 0.491 e. The summed E-state index contributed by atoms with van der Waals surface area (Å²) in [6.07, 6.45) is 5.39. The van der Waals surface area contributed by atoms with Crippen molar-refractivity contribution in [2.24, 2.45) is 16.8 Å². The van der Waals surface area contributed by atoms with Gasteiger partial charge in [-0.1, -0.05) is 25.8 Å². The number of piperidine rings is 1. The molecule has 2 aliphatic heterocycles. The molecule has 1 aromatic carbocycles. The highest BCUT2D eigenvalue weighted by Crippen LogP contribution is 2.36. The zero-order valence-electron chi connectivity index (χ0n) is 22.4. The highest BCUT2D eigenvalue weighted by atomic mass is 32.2. The van der Waals surface area contributed by atoms with Crippen molar-refractivity contribution in [1.29, 1.82) is 0 Å². The van der Waals surface area contributed by atoms with E-state index >= 15 is 0 Å². The third-order valence-electron chi connectivity index (χ3n) is 7.72. The molecule has 1 aliphatic carbocycles. The molecule has 0 aromatic heterocycles. The van der Waals surface area contributed by atoms with E-state index in [-0.39, 0.29) is 43.2 Å². The molecular formula is C27H40N4O5S. The van der Waals surface area contributed by atoms with Gasteiger partial charge < -0.3 is 15.4 Å². The van der Waals surface area contributed by atoms with Crippen LogP contribution in [0.15, 0.2) is 23.2 Å². The molecule has 0 unspecified atom stereocenters. The number of aliphatic imine (C=N–C) groups is 1. The molecular weight excluding hydrogens is 492 g/mol. The Morgan fingerprint density at radius 3 is 2.51 bits per heavy atom. The van der Waals surface area contributed by atoms with Gasteiger partial charge >= 0.3 is 0 Å². The lowest BCUT2D eigenvalue weighted by Gasteiger charge is -2.34. The zero-order valence-corrected chi connectivity index (χ0v) is 23.2.